The monoisotopic (exact) mass is 284 g/mol. The minimum atomic E-state index is -4.36. The summed E-state index contributed by atoms with van der Waals surface area (Å²) in [6.45, 7) is 1.88. The van der Waals surface area contributed by atoms with Gasteiger partial charge in [0.25, 0.3) is 0 Å². The predicted molar refractivity (Wildman–Crippen MR) is 68.7 cm³/mol. The molecule has 0 saturated carbocycles. The van der Waals surface area contributed by atoms with Crippen molar-refractivity contribution in [3.05, 3.63) is 47.3 Å². The molecule has 0 unspecified atom stereocenters. The zero-order valence-corrected chi connectivity index (χ0v) is 11.0. The van der Waals surface area contributed by atoms with Gasteiger partial charge in [0.1, 0.15) is 0 Å². The summed E-state index contributed by atoms with van der Waals surface area (Å²) in [5, 5.41) is 12.9. The number of hydrogen-bond acceptors (Lipinski definition) is 2. The van der Waals surface area contributed by atoms with Crippen LogP contribution in [0.1, 0.15) is 23.2 Å². The molecule has 0 amide bonds. The van der Waals surface area contributed by atoms with E-state index in [0.29, 0.717) is 18.5 Å². The Labute approximate surface area is 114 Å². The van der Waals surface area contributed by atoms with Gasteiger partial charge in [-0.1, -0.05) is 6.07 Å². The number of aromatic nitrogens is 2. The Balaban J connectivity index is 2.35. The van der Waals surface area contributed by atoms with E-state index in [4.69, 9.17) is 5.11 Å². The van der Waals surface area contributed by atoms with Crippen molar-refractivity contribution in [1.82, 2.24) is 9.78 Å². The van der Waals surface area contributed by atoms with E-state index in [1.165, 1.54) is 10.7 Å². The van der Waals surface area contributed by atoms with Crippen LogP contribution in [0.5, 0.6) is 0 Å². The molecule has 0 aliphatic heterocycles. The molecule has 1 aromatic heterocycles. The molecule has 0 atom stereocenters. The third kappa shape index (κ3) is 3.01. The first-order valence-corrected chi connectivity index (χ1v) is 6.25. The number of aliphatic hydroxyl groups excluding tert-OH is 1. The highest BCUT2D eigenvalue weighted by molar-refractivity contribution is 5.39. The molecule has 1 N–H and O–H groups in total. The summed E-state index contributed by atoms with van der Waals surface area (Å²) >= 11 is 0. The third-order valence-electron chi connectivity index (χ3n) is 3.13. The Bertz CT molecular complexity index is 590. The van der Waals surface area contributed by atoms with Crippen LogP contribution in [0.2, 0.25) is 0 Å². The maximum Gasteiger partial charge on any atom is 0.416 e. The first-order chi connectivity index (χ1) is 9.43. The van der Waals surface area contributed by atoms with Gasteiger partial charge in [0.15, 0.2) is 0 Å². The van der Waals surface area contributed by atoms with Crippen LogP contribution in [0, 0.1) is 6.92 Å². The van der Waals surface area contributed by atoms with Crippen molar-refractivity contribution in [2.75, 3.05) is 6.61 Å². The summed E-state index contributed by atoms with van der Waals surface area (Å²) in [6, 6.07) is 5.07. The molecule has 0 aliphatic rings. The number of aliphatic hydroxyl groups is 1. The molecule has 2 rings (SSSR count). The molecule has 0 radical (unpaired) electrons. The molecule has 0 bridgehead atoms. The molecule has 2 aromatic rings. The zero-order valence-electron chi connectivity index (χ0n) is 11.0. The van der Waals surface area contributed by atoms with Crippen molar-refractivity contribution in [2.24, 2.45) is 0 Å². The number of halogens is 3. The maximum atomic E-state index is 12.7. The highest BCUT2D eigenvalue weighted by Gasteiger charge is 2.30. The van der Waals surface area contributed by atoms with Crippen molar-refractivity contribution < 1.29 is 18.3 Å². The number of aryl methyl sites for hydroxylation is 1. The minimum absolute atomic E-state index is 0.0776. The molecule has 1 aromatic carbocycles. The topological polar surface area (TPSA) is 38.1 Å². The Kier molecular flexibility index (Phi) is 4.13. The number of rotatable bonds is 4. The smallest absolute Gasteiger partial charge is 0.396 e. The Morgan fingerprint density at radius 1 is 1.30 bits per heavy atom. The van der Waals surface area contributed by atoms with E-state index >= 15 is 0 Å². The fourth-order valence-electron chi connectivity index (χ4n) is 2.03. The predicted octanol–water partition coefficient (Wildman–Crippen LogP) is 3.12. The number of benzene rings is 1. The molecule has 20 heavy (non-hydrogen) atoms. The van der Waals surface area contributed by atoms with Crippen molar-refractivity contribution in [1.29, 1.82) is 0 Å². The van der Waals surface area contributed by atoms with Crippen molar-refractivity contribution in [3.8, 4) is 5.69 Å². The summed E-state index contributed by atoms with van der Waals surface area (Å²) in [5.41, 5.74) is 1.41. The van der Waals surface area contributed by atoms with Crippen LogP contribution in [0.4, 0.5) is 13.2 Å². The molecule has 0 saturated heterocycles. The van der Waals surface area contributed by atoms with Gasteiger partial charge in [0, 0.05) is 12.3 Å². The average molecular weight is 284 g/mol. The molecule has 108 valence electrons. The SMILES string of the molecule is Cc1c(CCCO)cnn1-c1cccc(C(F)(F)F)c1. The lowest BCUT2D eigenvalue weighted by molar-refractivity contribution is -0.137. The van der Waals surface area contributed by atoms with Gasteiger partial charge in [0.05, 0.1) is 17.4 Å². The number of hydrogen-bond donors (Lipinski definition) is 1. The second-order valence-corrected chi connectivity index (χ2v) is 4.54. The summed E-state index contributed by atoms with van der Waals surface area (Å²) in [5.74, 6) is 0. The fourth-order valence-corrected chi connectivity index (χ4v) is 2.03. The van der Waals surface area contributed by atoms with Crippen LogP contribution in [-0.4, -0.2) is 21.5 Å². The first kappa shape index (κ1) is 14.6. The molecule has 3 nitrogen and oxygen atoms in total. The van der Waals surface area contributed by atoms with E-state index in [1.54, 1.807) is 19.2 Å². The van der Waals surface area contributed by atoms with Crippen molar-refractivity contribution in [3.63, 3.8) is 0 Å². The lowest BCUT2D eigenvalue weighted by atomic mass is 10.1. The molecular weight excluding hydrogens is 269 g/mol. The van der Waals surface area contributed by atoms with Gasteiger partial charge in [-0.2, -0.15) is 18.3 Å². The van der Waals surface area contributed by atoms with E-state index < -0.39 is 11.7 Å². The van der Waals surface area contributed by atoms with Crippen LogP contribution < -0.4 is 0 Å². The van der Waals surface area contributed by atoms with E-state index in [-0.39, 0.29) is 6.61 Å². The molecule has 0 spiro atoms. The Morgan fingerprint density at radius 2 is 2.05 bits per heavy atom. The van der Waals surface area contributed by atoms with Gasteiger partial charge in [-0.3, -0.25) is 0 Å². The second-order valence-electron chi connectivity index (χ2n) is 4.54. The summed E-state index contributed by atoms with van der Waals surface area (Å²) in [4.78, 5) is 0. The Morgan fingerprint density at radius 3 is 2.70 bits per heavy atom. The molecule has 6 heteroatoms. The van der Waals surface area contributed by atoms with Crippen molar-refractivity contribution in [2.45, 2.75) is 25.9 Å². The van der Waals surface area contributed by atoms with Crippen LogP contribution in [-0.2, 0) is 12.6 Å². The van der Waals surface area contributed by atoms with Crippen molar-refractivity contribution >= 4 is 0 Å². The van der Waals surface area contributed by atoms with E-state index in [0.717, 1.165) is 23.4 Å². The molecule has 0 fully saturated rings. The van der Waals surface area contributed by atoms with Gasteiger partial charge in [-0.15, -0.1) is 0 Å². The highest BCUT2D eigenvalue weighted by Crippen LogP contribution is 2.30. The average Bonchev–Trinajstić information content (AvgIpc) is 2.77. The van der Waals surface area contributed by atoms with Gasteiger partial charge in [-0.05, 0) is 43.5 Å². The van der Waals surface area contributed by atoms with Crippen LogP contribution in [0.25, 0.3) is 5.69 Å². The van der Waals surface area contributed by atoms with Crippen LogP contribution in [0.15, 0.2) is 30.5 Å². The summed E-state index contributed by atoms with van der Waals surface area (Å²) < 4.78 is 39.6. The summed E-state index contributed by atoms with van der Waals surface area (Å²) in [7, 11) is 0. The Hall–Kier alpha value is -1.82. The van der Waals surface area contributed by atoms with Gasteiger partial charge < -0.3 is 5.11 Å². The van der Waals surface area contributed by atoms with Gasteiger partial charge in [-0.25, -0.2) is 4.68 Å². The highest BCUT2D eigenvalue weighted by atomic mass is 19.4. The van der Waals surface area contributed by atoms with E-state index in [1.807, 2.05) is 0 Å². The van der Waals surface area contributed by atoms with Crippen LogP contribution in [0.3, 0.4) is 0 Å². The van der Waals surface area contributed by atoms with Gasteiger partial charge >= 0.3 is 6.18 Å². The molecule has 1 heterocycles. The maximum absolute atomic E-state index is 12.7. The second kappa shape index (κ2) is 5.66. The van der Waals surface area contributed by atoms with E-state index in [2.05, 4.69) is 5.10 Å². The normalized spacial score (nSPS) is 11.8. The molecular formula is C14H15F3N2O. The standard InChI is InChI=1S/C14H15F3N2O/c1-10-11(4-3-7-20)9-18-19(10)13-6-2-5-12(8-13)14(15,16)17/h2,5-6,8-9,20H,3-4,7H2,1H3. The third-order valence-corrected chi connectivity index (χ3v) is 3.13. The van der Waals surface area contributed by atoms with Gasteiger partial charge in [0.2, 0.25) is 0 Å². The lowest BCUT2D eigenvalue weighted by Crippen LogP contribution is -2.07. The fraction of sp³-hybridized carbons (Fsp3) is 0.357. The zero-order chi connectivity index (χ0) is 14.8. The largest absolute Gasteiger partial charge is 0.416 e. The number of nitrogens with zero attached hydrogens (tertiary/aromatic N) is 2. The minimum Gasteiger partial charge on any atom is -0.396 e. The first-order valence-electron chi connectivity index (χ1n) is 6.25. The molecule has 0 aliphatic carbocycles. The van der Waals surface area contributed by atoms with Crippen LogP contribution >= 0.6 is 0 Å². The quantitative estimate of drug-likeness (QED) is 0.936. The van der Waals surface area contributed by atoms with E-state index in [9.17, 15) is 13.2 Å². The lowest BCUT2D eigenvalue weighted by Gasteiger charge is -2.10. The number of alkyl halides is 3. The summed E-state index contributed by atoms with van der Waals surface area (Å²) in [6.07, 6.45) is -1.47.